The lowest BCUT2D eigenvalue weighted by molar-refractivity contribution is 0.578. The van der Waals surface area contributed by atoms with Gasteiger partial charge < -0.3 is 4.90 Å². The number of anilines is 1. The first-order valence-corrected chi connectivity index (χ1v) is 8.57. The highest BCUT2D eigenvalue weighted by Gasteiger charge is 2.18. The molecule has 4 rings (SSSR count). The Hall–Kier alpha value is -1.28. The molecule has 21 heavy (non-hydrogen) atoms. The molecule has 1 aromatic heterocycles. The van der Waals surface area contributed by atoms with Crippen molar-refractivity contribution < 1.29 is 0 Å². The van der Waals surface area contributed by atoms with Crippen LogP contribution in [0.15, 0.2) is 18.2 Å². The topological polar surface area (TPSA) is 16.1 Å². The average molecular weight is 301 g/mol. The third-order valence-electron chi connectivity index (χ3n) is 4.90. The van der Waals surface area contributed by atoms with Gasteiger partial charge in [-0.05, 0) is 68.7 Å². The molecule has 0 spiro atoms. The number of rotatable bonds is 1. The highest BCUT2D eigenvalue weighted by Crippen LogP contribution is 2.35. The number of hydrogen-bond donors (Lipinski definition) is 0. The second-order valence-electron chi connectivity index (χ2n) is 6.31. The third kappa shape index (κ3) is 2.40. The van der Waals surface area contributed by atoms with Crippen molar-refractivity contribution in [1.29, 1.82) is 0 Å². The Morgan fingerprint density at radius 2 is 1.76 bits per heavy atom. The van der Waals surface area contributed by atoms with E-state index in [0.29, 0.717) is 0 Å². The molecule has 0 unspecified atom stereocenters. The molecule has 0 radical (unpaired) electrons. The van der Waals surface area contributed by atoms with E-state index in [1.807, 2.05) is 0 Å². The number of nitrogens with zero attached hydrogens (tertiary/aromatic N) is 2. The van der Waals surface area contributed by atoms with E-state index in [1.54, 1.807) is 0 Å². The summed E-state index contributed by atoms with van der Waals surface area (Å²) in [6.07, 6.45) is 8.62. The highest BCUT2D eigenvalue weighted by molar-refractivity contribution is 6.36. The lowest BCUT2D eigenvalue weighted by atomic mass is 9.94. The first-order valence-electron chi connectivity index (χ1n) is 8.19. The van der Waals surface area contributed by atoms with Crippen LogP contribution >= 0.6 is 11.6 Å². The molecule has 2 aliphatic rings. The van der Waals surface area contributed by atoms with Crippen molar-refractivity contribution in [2.45, 2.75) is 44.9 Å². The summed E-state index contributed by atoms with van der Waals surface area (Å²) >= 11 is 6.71. The van der Waals surface area contributed by atoms with E-state index in [1.165, 1.54) is 62.1 Å². The number of hydrogen-bond acceptors (Lipinski definition) is 2. The number of piperidine rings is 1. The van der Waals surface area contributed by atoms with Gasteiger partial charge in [-0.15, -0.1) is 0 Å². The van der Waals surface area contributed by atoms with Crippen molar-refractivity contribution in [3.05, 3.63) is 34.5 Å². The van der Waals surface area contributed by atoms with E-state index in [4.69, 9.17) is 16.6 Å². The van der Waals surface area contributed by atoms with Gasteiger partial charge in [-0.2, -0.15) is 0 Å². The largest absolute Gasteiger partial charge is 0.372 e. The lowest BCUT2D eigenvalue weighted by Crippen LogP contribution is -2.29. The Labute approximate surface area is 131 Å². The van der Waals surface area contributed by atoms with Crippen LogP contribution in [0, 0.1) is 0 Å². The fraction of sp³-hybridized carbons (Fsp3) is 0.500. The second kappa shape index (κ2) is 5.49. The van der Waals surface area contributed by atoms with Crippen molar-refractivity contribution in [3.8, 4) is 0 Å². The Kier molecular flexibility index (Phi) is 3.50. The molecule has 2 nitrogen and oxygen atoms in total. The van der Waals surface area contributed by atoms with Crippen LogP contribution < -0.4 is 4.90 Å². The van der Waals surface area contributed by atoms with Crippen LogP contribution in [0.1, 0.15) is 43.4 Å². The minimum atomic E-state index is 0.952. The highest BCUT2D eigenvalue weighted by atomic mass is 35.5. The maximum absolute atomic E-state index is 6.71. The number of aromatic nitrogens is 1. The first kappa shape index (κ1) is 13.4. The normalized spacial score (nSPS) is 18.8. The molecular weight excluding hydrogens is 280 g/mol. The Bertz CT molecular complexity index is 674. The maximum atomic E-state index is 6.71. The summed E-state index contributed by atoms with van der Waals surface area (Å²) in [5.74, 6) is 0. The Balaban J connectivity index is 1.81. The van der Waals surface area contributed by atoms with Crippen LogP contribution in [0.25, 0.3) is 10.9 Å². The van der Waals surface area contributed by atoms with E-state index in [0.717, 1.165) is 28.8 Å². The molecule has 2 aromatic rings. The smallest absolute Gasteiger partial charge is 0.0722 e. The van der Waals surface area contributed by atoms with Crippen molar-refractivity contribution in [2.24, 2.45) is 0 Å². The first-order chi connectivity index (χ1) is 10.3. The Morgan fingerprint density at radius 1 is 0.952 bits per heavy atom. The van der Waals surface area contributed by atoms with Gasteiger partial charge in [0.25, 0.3) is 0 Å². The van der Waals surface area contributed by atoms with Crippen LogP contribution in [0.2, 0.25) is 5.02 Å². The lowest BCUT2D eigenvalue weighted by Gasteiger charge is -2.29. The molecule has 1 saturated heterocycles. The van der Waals surface area contributed by atoms with E-state index in [2.05, 4.69) is 23.1 Å². The molecule has 1 fully saturated rings. The maximum Gasteiger partial charge on any atom is 0.0722 e. The fourth-order valence-corrected chi connectivity index (χ4v) is 4.06. The monoisotopic (exact) mass is 300 g/mol. The van der Waals surface area contributed by atoms with Gasteiger partial charge in [0.1, 0.15) is 0 Å². The number of pyridine rings is 1. The summed E-state index contributed by atoms with van der Waals surface area (Å²) in [6, 6.07) is 6.62. The van der Waals surface area contributed by atoms with Crippen LogP contribution in [0.5, 0.6) is 0 Å². The Morgan fingerprint density at radius 3 is 2.62 bits per heavy atom. The molecule has 0 atom stereocenters. The fourth-order valence-electron chi connectivity index (χ4n) is 3.70. The third-order valence-corrected chi connectivity index (χ3v) is 5.33. The van der Waals surface area contributed by atoms with Crippen molar-refractivity contribution in [2.75, 3.05) is 18.0 Å². The van der Waals surface area contributed by atoms with Crippen molar-refractivity contribution in [3.63, 3.8) is 0 Å². The number of aryl methyl sites for hydroxylation is 1. The summed E-state index contributed by atoms with van der Waals surface area (Å²) in [7, 11) is 0. The van der Waals surface area contributed by atoms with Gasteiger partial charge in [-0.25, -0.2) is 0 Å². The van der Waals surface area contributed by atoms with E-state index >= 15 is 0 Å². The molecule has 1 aliphatic heterocycles. The second-order valence-corrected chi connectivity index (χ2v) is 6.69. The predicted molar refractivity (Wildman–Crippen MR) is 89.5 cm³/mol. The SMILES string of the molecule is Clc1c2c(nc3ccc(N4CCCCC4)cc13)CCCC2. The zero-order chi connectivity index (χ0) is 14.2. The summed E-state index contributed by atoms with van der Waals surface area (Å²) in [5, 5.41) is 2.09. The van der Waals surface area contributed by atoms with Gasteiger partial charge in [-0.1, -0.05) is 11.6 Å². The molecule has 1 aromatic carbocycles. The summed E-state index contributed by atoms with van der Waals surface area (Å²) in [5.41, 5.74) is 4.89. The zero-order valence-electron chi connectivity index (χ0n) is 12.4. The molecule has 3 heteroatoms. The van der Waals surface area contributed by atoms with Crippen LogP contribution in [0.3, 0.4) is 0 Å². The summed E-state index contributed by atoms with van der Waals surface area (Å²) in [4.78, 5) is 7.34. The number of fused-ring (bicyclic) bond motifs is 2. The molecule has 0 amide bonds. The quantitative estimate of drug-likeness (QED) is 0.755. The van der Waals surface area contributed by atoms with Crippen LogP contribution in [0.4, 0.5) is 5.69 Å². The average Bonchev–Trinajstić information content (AvgIpc) is 2.56. The van der Waals surface area contributed by atoms with Gasteiger partial charge in [-0.3, -0.25) is 4.98 Å². The van der Waals surface area contributed by atoms with Crippen LogP contribution in [-0.2, 0) is 12.8 Å². The van der Waals surface area contributed by atoms with Crippen LogP contribution in [-0.4, -0.2) is 18.1 Å². The van der Waals surface area contributed by atoms with Crippen molar-refractivity contribution in [1.82, 2.24) is 4.98 Å². The molecule has 2 heterocycles. The van der Waals surface area contributed by atoms with Gasteiger partial charge in [0.15, 0.2) is 0 Å². The molecule has 1 aliphatic carbocycles. The van der Waals surface area contributed by atoms with Gasteiger partial charge in [0.05, 0.1) is 10.5 Å². The standard InChI is InChI=1S/C18H21ClN2/c19-18-14-6-2-3-7-16(14)20-17-9-8-13(12-15(17)18)21-10-4-1-5-11-21/h8-9,12H,1-7,10-11H2. The van der Waals surface area contributed by atoms with E-state index in [-0.39, 0.29) is 0 Å². The number of halogens is 1. The zero-order valence-corrected chi connectivity index (χ0v) is 13.1. The minimum absolute atomic E-state index is 0.952. The predicted octanol–water partition coefficient (Wildman–Crippen LogP) is 4.76. The van der Waals surface area contributed by atoms with Gasteiger partial charge in [0, 0.05) is 29.9 Å². The van der Waals surface area contributed by atoms with E-state index < -0.39 is 0 Å². The molecule has 0 bridgehead atoms. The number of benzene rings is 1. The van der Waals surface area contributed by atoms with Crippen molar-refractivity contribution >= 4 is 28.2 Å². The van der Waals surface area contributed by atoms with Gasteiger partial charge in [0.2, 0.25) is 0 Å². The molecule has 0 saturated carbocycles. The minimum Gasteiger partial charge on any atom is -0.372 e. The summed E-state index contributed by atoms with van der Waals surface area (Å²) in [6.45, 7) is 2.34. The van der Waals surface area contributed by atoms with Gasteiger partial charge >= 0.3 is 0 Å². The molecular formula is C18H21ClN2. The summed E-state index contributed by atoms with van der Waals surface area (Å²) < 4.78 is 0. The molecule has 110 valence electrons. The van der Waals surface area contributed by atoms with E-state index in [9.17, 15) is 0 Å². The molecule has 0 N–H and O–H groups in total.